The van der Waals surface area contributed by atoms with Crippen molar-refractivity contribution in [3.8, 4) is 0 Å². The number of fused-ring (bicyclic) bond motifs is 1. The van der Waals surface area contributed by atoms with Crippen LogP contribution in [0.25, 0.3) is 0 Å². The van der Waals surface area contributed by atoms with Crippen LogP contribution in [0, 0.1) is 5.92 Å². The van der Waals surface area contributed by atoms with Crippen molar-refractivity contribution in [1.29, 1.82) is 0 Å². The van der Waals surface area contributed by atoms with Crippen LogP contribution in [-0.4, -0.2) is 61.7 Å². The molecule has 3 saturated heterocycles. The van der Waals surface area contributed by atoms with Crippen LogP contribution < -0.4 is 5.32 Å². The van der Waals surface area contributed by atoms with Gasteiger partial charge in [0.05, 0.1) is 0 Å². The van der Waals surface area contributed by atoms with Gasteiger partial charge in [0.1, 0.15) is 0 Å². The zero-order valence-electron chi connectivity index (χ0n) is 12.6. The van der Waals surface area contributed by atoms with Crippen LogP contribution in [0.4, 0.5) is 0 Å². The molecule has 0 aromatic heterocycles. The highest BCUT2D eigenvalue weighted by molar-refractivity contribution is 5.85. The highest BCUT2D eigenvalue weighted by Gasteiger charge is 2.28. The number of piperidine rings is 2. The standard InChI is InChI=1S/C15H29N3.2ClH/c1-2-9-18-12-11-17(13-15(18)3-1)10-6-14-4-7-16-8-5-14;;/h14-16H,1-13H2;2*1H. The quantitative estimate of drug-likeness (QED) is 0.860. The number of halogens is 2. The molecular weight excluding hydrogens is 293 g/mol. The molecule has 1 unspecified atom stereocenters. The van der Waals surface area contributed by atoms with Gasteiger partial charge in [-0.2, -0.15) is 0 Å². The highest BCUT2D eigenvalue weighted by atomic mass is 35.5. The lowest BCUT2D eigenvalue weighted by Crippen LogP contribution is -2.55. The van der Waals surface area contributed by atoms with Gasteiger partial charge in [-0.05, 0) is 64.2 Å². The Kier molecular flexibility index (Phi) is 8.77. The molecule has 0 aromatic rings. The van der Waals surface area contributed by atoms with Crippen LogP contribution in [0.2, 0.25) is 0 Å². The minimum atomic E-state index is 0. The third-order valence-corrected chi connectivity index (χ3v) is 5.23. The van der Waals surface area contributed by atoms with E-state index in [1.807, 2.05) is 0 Å². The van der Waals surface area contributed by atoms with Gasteiger partial charge < -0.3 is 10.2 Å². The van der Waals surface area contributed by atoms with Gasteiger partial charge in [0.2, 0.25) is 0 Å². The van der Waals surface area contributed by atoms with Gasteiger partial charge in [0, 0.05) is 25.7 Å². The number of hydrogen-bond donors (Lipinski definition) is 1. The first-order valence-corrected chi connectivity index (χ1v) is 8.09. The first kappa shape index (κ1) is 18.5. The van der Waals surface area contributed by atoms with Crippen molar-refractivity contribution in [2.45, 2.75) is 44.6 Å². The summed E-state index contributed by atoms with van der Waals surface area (Å²) < 4.78 is 0. The van der Waals surface area contributed by atoms with Crippen LogP contribution in [-0.2, 0) is 0 Å². The molecule has 1 N–H and O–H groups in total. The predicted octanol–water partition coefficient (Wildman–Crippen LogP) is 2.39. The Morgan fingerprint density at radius 2 is 1.70 bits per heavy atom. The van der Waals surface area contributed by atoms with Crippen molar-refractivity contribution in [2.75, 3.05) is 45.8 Å². The van der Waals surface area contributed by atoms with E-state index in [1.54, 1.807) is 0 Å². The van der Waals surface area contributed by atoms with Crippen molar-refractivity contribution >= 4 is 24.8 Å². The largest absolute Gasteiger partial charge is 0.317 e. The van der Waals surface area contributed by atoms with E-state index >= 15 is 0 Å². The van der Waals surface area contributed by atoms with Crippen LogP contribution in [0.15, 0.2) is 0 Å². The van der Waals surface area contributed by atoms with E-state index in [0.717, 1.165) is 12.0 Å². The van der Waals surface area contributed by atoms with Crippen molar-refractivity contribution in [3.63, 3.8) is 0 Å². The Labute approximate surface area is 136 Å². The molecule has 0 aromatic carbocycles. The monoisotopic (exact) mass is 323 g/mol. The molecule has 20 heavy (non-hydrogen) atoms. The zero-order valence-corrected chi connectivity index (χ0v) is 14.2. The van der Waals surface area contributed by atoms with Crippen molar-refractivity contribution in [2.24, 2.45) is 5.92 Å². The molecule has 3 fully saturated rings. The van der Waals surface area contributed by atoms with Crippen LogP contribution in [0.3, 0.4) is 0 Å². The summed E-state index contributed by atoms with van der Waals surface area (Å²) in [5, 5.41) is 3.47. The van der Waals surface area contributed by atoms with E-state index in [0.29, 0.717) is 0 Å². The molecule has 3 rings (SSSR count). The van der Waals surface area contributed by atoms with E-state index in [4.69, 9.17) is 0 Å². The number of nitrogens with zero attached hydrogens (tertiary/aromatic N) is 2. The van der Waals surface area contributed by atoms with Gasteiger partial charge in [-0.1, -0.05) is 6.42 Å². The maximum absolute atomic E-state index is 3.47. The van der Waals surface area contributed by atoms with Gasteiger partial charge in [0.15, 0.2) is 0 Å². The molecule has 0 bridgehead atoms. The SMILES string of the molecule is C1CCN2CCN(CCC3CCNCC3)CC2C1.Cl.Cl. The maximum Gasteiger partial charge on any atom is 0.0223 e. The fourth-order valence-corrected chi connectivity index (χ4v) is 3.96. The summed E-state index contributed by atoms with van der Waals surface area (Å²) in [5.74, 6) is 0.996. The Bertz CT molecular complexity index is 260. The smallest absolute Gasteiger partial charge is 0.0223 e. The number of piperazine rings is 1. The van der Waals surface area contributed by atoms with Crippen molar-refractivity contribution in [1.82, 2.24) is 15.1 Å². The lowest BCUT2D eigenvalue weighted by molar-refractivity contribution is 0.0460. The lowest BCUT2D eigenvalue weighted by atomic mass is 9.94. The average molecular weight is 324 g/mol. The zero-order chi connectivity index (χ0) is 12.2. The summed E-state index contributed by atoms with van der Waals surface area (Å²) in [4.78, 5) is 5.49. The van der Waals surface area contributed by atoms with Gasteiger partial charge >= 0.3 is 0 Å². The molecule has 0 spiro atoms. The third-order valence-electron chi connectivity index (χ3n) is 5.23. The molecule has 0 aliphatic carbocycles. The molecule has 0 radical (unpaired) electrons. The second kappa shape index (κ2) is 9.47. The molecule has 120 valence electrons. The van der Waals surface area contributed by atoms with E-state index in [2.05, 4.69) is 15.1 Å². The van der Waals surface area contributed by atoms with Gasteiger partial charge in [-0.15, -0.1) is 24.8 Å². The molecule has 0 saturated carbocycles. The van der Waals surface area contributed by atoms with E-state index in [-0.39, 0.29) is 24.8 Å². The second-order valence-corrected chi connectivity index (χ2v) is 6.47. The summed E-state index contributed by atoms with van der Waals surface area (Å²) >= 11 is 0. The van der Waals surface area contributed by atoms with E-state index < -0.39 is 0 Å². The Morgan fingerprint density at radius 1 is 0.900 bits per heavy atom. The highest BCUT2D eigenvalue weighted by Crippen LogP contribution is 2.22. The first-order chi connectivity index (χ1) is 8.92. The van der Waals surface area contributed by atoms with Crippen molar-refractivity contribution < 1.29 is 0 Å². The molecule has 1 atom stereocenters. The van der Waals surface area contributed by atoms with E-state index in [9.17, 15) is 0 Å². The maximum atomic E-state index is 3.47. The fraction of sp³-hybridized carbons (Fsp3) is 1.00. The minimum Gasteiger partial charge on any atom is -0.317 e. The molecule has 3 aliphatic heterocycles. The number of hydrogen-bond acceptors (Lipinski definition) is 3. The van der Waals surface area contributed by atoms with Crippen molar-refractivity contribution in [3.05, 3.63) is 0 Å². The van der Waals surface area contributed by atoms with Crippen LogP contribution >= 0.6 is 24.8 Å². The Balaban J connectivity index is 0.000001000. The molecule has 3 heterocycles. The van der Waals surface area contributed by atoms with Gasteiger partial charge in [-0.25, -0.2) is 0 Å². The molecule has 0 amide bonds. The normalized spacial score (nSPS) is 29.1. The van der Waals surface area contributed by atoms with Gasteiger partial charge in [-0.3, -0.25) is 4.90 Å². The number of rotatable bonds is 3. The number of nitrogens with one attached hydrogen (secondary N) is 1. The van der Waals surface area contributed by atoms with Crippen LogP contribution in [0.1, 0.15) is 38.5 Å². The predicted molar refractivity (Wildman–Crippen MR) is 90.4 cm³/mol. The summed E-state index contributed by atoms with van der Waals surface area (Å²) in [6, 6.07) is 0.889. The Hall–Kier alpha value is 0.460. The summed E-state index contributed by atoms with van der Waals surface area (Å²) in [7, 11) is 0. The van der Waals surface area contributed by atoms with E-state index in [1.165, 1.54) is 84.3 Å². The average Bonchev–Trinajstić information content (AvgIpc) is 2.46. The second-order valence-electron chi connectivity index (χ2n) is 6.47. The molecular formula is C15H31Cl2N3. The molecule has 3 aliphatic rings. The summed E-state index contributed by atoms with van der Waals surface area (Å²) in [5.41, 5.74) is 0. The third kappa shape index (κ3) is 5.03. The molecule has 3 nitrogen and oxygen atoms in total. The minimum absolute atomic E-state index is 0. The topological polar surface area (TPSA) is 18.5 Å². The Morgan fingerprint density at radius 3 is 2.50 bits per heavy atom. The fourth-order valence-electron chi connectivity index (χ4n) is 3.96. The summed E-state index contributed by atoms with van der Waals surface area (Å²) in [6.07, 6.45) is 8.60. The molecule has 5 heteroatoms. The first-order valence-electron chi connectivity index (χ1n) is 8.09. The van der Waals surface area contributed by atoms with Crippen LogP contribution in [0.5, 0.6) is 0 Å². The lowest BCUT2D eigenvalue weighted by Gasteiger charge is -2.44. The van der Waals surface area contributed by atoms with Gasteiger partial charge in [0.25, 0.3) is 0 Å². The summed E-state index contributed by atoms with van der Waals surface area (Å²) in [6.45, 7) is 9.23.